The molecule has 0 radical (unpaired) electrons. The third-order valence-electron chi connectivity index (χ3n) is 3.48. The molecule has 1 aliphatic rings. The van der Waals surface area contributed by atoms with Gasteiger partial charge in [-0.2, -0.15) is 0 Å². The summed E-state index contributed by atoms with van der Waals surface area (Å²) in [4.78, 5) is 32.6. The monoisotopic (exact) mass is 351 g/mol. The van der Waals surface area contributed by atoms with Gasteiger partial charge in [0.25, 0.3) is 5.69 Å². The van der Waals surface area contributed by atoms with Crippen molar-refractivity contribution in [1.82, 2.24) is 14.8 Å². The molecule has 8 nitrogen and oxygen atoms in total. The van der Waals surface area contributed by atoms with E-state index in [1.807, 2.05) is 32.7 Å². The van der Waals surface area contributed by atoms with Gasteiger partial charge in [-0.3, -0.25) is 19.9 Å². The van der Waals surface area contributed by atoms with E-state index < -0.39 is 4.92 Å². The number of nitrogens with zero attached hydrogens (tertiary/aromatic N) is 5. The van der Waals surface area contributed by atoms with Crippen LogP contribution in [0, 0.1) is 10.1 Å². The molecular weight excluding hydrogens is 330 g/mol. The molecule has 3 rings (SSSR count). The molecule has 0 unspecified atom stereocenters. The first-order valence-electron chi connectivity index (χ1n) is 7.79. The van der Waals surface area contributed by atoms with Crippen molar-refractivity contribution in [2.75, 3.05) is 31.8 Å². The van der Waals surface area contributed by atoms with Crippen molar-refractivity contribution in [3.05, 3.63) is 28.3 Å². The van der Waals surface area contributed by atoms with Gasteiger partial charge in [-0.05, 0) is 20.0 Å². The summed E-state index contributed by atoms with van der Waals surface area (Å²) < 4.78 is 0.702. The Kier molecular flexibility index (Phi) is 5.68. The fourth-order valence-corrected chi connectivity index (χ4v) is 3.36. The summed E-state index contributed by atoms with van der Waals surface area (Å²) in [7, 11) is 1.93. The zero-order valence-corrected chi connectivity index (χ0v) is 15.0. The first kappa shape index (κ1) is 18.1. The van der Waals surface area contributed by atoms with E-state index >= 15 is 0 Å². The lowest BCUT2D eigenvalue weighted by molar-refractivity contribution is -0.384. The van der Waals surface area contributed by atoms with Gasteiger partial charge in [0.05, 0.1) is 28.5 Å². The van der Waals surface area contributed by atoms with E-state index in [-0.39, 0.29) is 11.7 Å². The normalized spacial score (nSPS) is 15.4. The van der Waals surface area contributed by atoms with E-state index in [0.29, 0.717) is 35.2 Å². The number of hydrogen-bond donors (Lipinski definition) is 0. The minimum Gasteiger partial charge on any atom is -0.312 e. The maximum absolute atomic E-state index is 12.4. The number of benzene rings is 1. The highest BCUT2D eigenvalue weighted by Crippen LogP contribution is 2.32. The Morgan fingerprint density at radius 1 is 1.33 bits per heavy atom. The summed E-state index contributed by atoms with van der Waals surface area (Å²) in [5.74, 6) is 0. The lowest BCUT2D eigenvalue weighted by atomic mass is 10.3. The highest BCUT2D eigenvalue weighted by molar-refractivity contribution is 7.22. The lowest BCUT2D eigenvalue weighted by Gasteiger charge is -2.38. The molecule has 2 amide bonds. The molecule has 9 heteroatoms. The fourth-order valence-electron chi connectivity index (χ4n) is 2.38. The van der Waals surface area contributed by atoms with Crippen LogP contribution in [0.15, 0.2) is 18.2 Å². The average molecular weight is 351 g/mol. The van der Waals surface area contributed by atoms with Gasteiger partial charge in [-0.25, -0.2) is 9.78 Å². The van der Waals surface area contributed by atoms with Crippen LogP contribution in [0.1, 0.15) is 20.8 Å². The molecule has 2 heterocycles. The number of carbonyl (C=O) groups excluding carboxylic acids is 1. The predicted molar refractivity (Wildman–Crippen MR) is 95.4 cm³/mol. The average Bonchev–Trinajstić information content (AvgIpc) is 3.01. The van der Waals surface area contributed by atoms with E-state index in [0.717, 1.165) is 0 Å². The Hall–Kier alpha value is -2.26. The van der Waals surface area contributed by atoms with Crippen LogP contribution in [0.5, 0.6) is 0 Å². The first-order valence-corrected chi connectivity index (χ1v) is 8.61. The molecule has 0 N–H and O–H groups in total. The van der Waals surface area contributed by atoms with Crippen molar-refractivity contribution in [3.8, 4) is 0 Å². The zero-order chi connectivity index (χ0) is 17.9. The molecule has 1 fully saturated rings. The molecule has 0 saturated carbocycles. The summed E-state index contributed by atoms with van der Waals surface area (Å²) in [6.45, 7) is 7.59. The number of hydrogen-bond acceptors (Lipinski definition) is 6. The summed E-state index contributed by atoms with van der Waals surface area (Å²) in [5, 5.41) is 11.4. The van der Waals surface area contributed by atoms with Crippen LogP contribution in [-0.2, 0) is 0 Å². The van der Waals surface area contributed by atoms with E-state index in [1.54, 1.807) is 15.9 Å². The Morgan fingerprint density at radius 3 is 2.67 bits per heavy atom. The van der Waals surface area contributed by atoms with Crippen molar-refractivity contribution in [1.29, 1.82) is 0 Å². The molecule has 0 aliphatic carbocycles. The highest BCUT2D eigenvalue weighted by atomic mass is 32.1. The van der Waals surface area contributed by atoms with Crippen molar-refractivity contribution in [2.24, 2.45) is 0 Å². The van der Waals surface area contributed by atoms with Crippen LogP contribution >= 0.6 is 11.3 Å². The van der Waals surface area contributed by atoms with Crippen LogP contribution in [0.25, 0.3) is 10.2 Å². The molecule has 0 spiro atoms. The number of thiazole rings is 1. The Labute approximate surface area is 144 Å². The van der Waals surface area contributed by atoms with Crippen molar-refractivity contribution in [3.63, 3.8) is 0 Å². The van der Waals surface area contributed by atoms with Gasteiger partial charge in [0.1, 0.15) is 0 Å². The van der Waals surface area contributed by atoms with Crippen molar-refractivity contribution in [2.45, 2.75) is 20.8 Å². The highest BCUT2D eigenvalue weighted by Gasteiger charge is 2.30. The van der Waals surface area contributed by atoms with Crippen molar-refractivity contribution < 1.29 is 9.72 Å². The SMILES string of the molecule is CC.CCN1CN(C)CN(c2nc3ccc([N+](=O)[O-])cc3s2)C1=O. The topological polar surface area (TPSA) is 82.8 Å². The lowest BCUT2D eigenvalue weighted by Crippen LogP contribution is -2.56. The number of non-ortho nitro benzene ring substituents is 1. The van der Waals surface area contributed by atoms with Gasteiger partial charge in [0.2, 0.25) is 0 Å². The van der Waals surface area contributed by atoms with E-state index in [9.17, 15) is 14.9 Å². The number of rotatable bonds is 3. The van der Waals surface area contributed by atoms with Crippen LogP contribution in [0.3, 0.4) is 0 Å². The largest absolute Gasteiger partial charge is 0.328 e. The number of carbonyl (C=O) groups is 1. The molecule has 1 aromatic heterocycles. The van der Waals surface area contributed by atoms with Gasteiger partial charge >= 0.3 is 6.03 Å². The number of urea groups is 1. The van der Waals surface area contributed by atoms with Gasteiger partial charge in [-0.15, -0.1) is 0 Å². The summed E-state index contributed by atoms with van der Waals surface area (Å²) in [5.41, 5.74) is 0.689. The van der Waals surface area contributed by atoms with E-state index in [1.165, 1.54) is 23.5 Å². The predicted octanol–water partition coefficient (Wildman–Crippen LogP) is 3.34. The standard InChI is InChI=1S/C13H15N5O3S.C2H6/c1-3-16-7-15(2)8-17(13(16)19)12-14-10-5-4-9(18(20)21)6-11(10)22-12;1-2/h4-6H,3,7-8H2,1-2H3;1-2H3. The number of nitro groups is 1. The van der Waals surface area contributed by atoms with Gasteiger partial charge in [-0.1, -0.05) is 25.2 Å². The zero-order valence-electron chi connectivity index (χ0n) is 14.2. The molecule has 0 bridgehead atoms. The van der Waals surface area contributed by atoms with Gasteiger partial charge in [0.15, 0.2) is 5.13 Å². The van der Waals surface area contributed by atoms with Gasteiger partial charge in [0, 0.05) is 18.7 Å². The van der Waals surface area contributed by atoms with Crippen molar-refractivity contribution >= 4 is 38.4 Å². The summed E-state index contributed by atoms with van der Waals surface area (Å²) >= 11 is 1.29. The first-order chi connectivity index (χ1) is 11.5. The minimum absolute atomic E-state index is 0.0278. The van der Waals surface area contributed by atoms with Gasteiger partial charge < -0.3 is 4.90 Å². The van der Waals surface area contributed by atoms with E-state index in [2.05, 4.69) is 4.98 Å². The Balaban J connectivity index is 0.00000100. The second-order valence-corrected chi connectivity index (χ2v) is 6.12. The second kappa shape index (κ2) is 7.54. The molecule has 1 aromatic carbocycles. The third-order valence-corrected chi connectivity index (χ3v) is 4.52. The summed E-state index contributed by atoms with van der Waals surface area (Å²) in [6.07, 6.45) is 0. The molecular formula is C15H21N5O3S. The maximum atomic E-state index is 12.4. The molecule has 1 aliphatic heterocycles. The molecule has 2 aromatic rings. The van der Waals surface area contributed by atoms with Crippen LogP contribution < -0.4 is 4.90 Å². The molecule has 1 saturated heterocycles. The number of aromatic nitrogens is 1. The number of anilines is 1. The fraction of sp³-hybridized carbons (Fsp3) is 0.467. The smallest absolute Gasteiger partial charge is 0.312 e. The van der Waals surface area contributed by atoms with Crippen LogP contribution in [0.4, 0.5) is 15.6 Å². The Bertz CT molecular complexity index is 748. The van der Waals surface area contributed by atoms with Crippen LogP contribution in [0.2, 0.25) is 0 Å². The molecule has 24 heavy (non-hydrogen) atoms. The third kappa shape index (κ3) is 3.46. The number of amides is 2. The second-order valence-electron chi connectivity index (χ2n) is 5.11. The number of nitro benzene ring substituents is 1. The van der Waals surface area contributed by atoms with E-state index in [4.69, 9.17) is 0 Å². The van der Waals surface area contributed by atoms with Crippen LogP contribution in [-0.4, -0.2) is 52.7 Å². The minimum atomic E-state index is -0.433. The maximum Gasteiger partial charge on any atom is 0.328 e. The molecule has 0 atom stereocenters. The number of fused-ring (bicyclic) bond motifs is 1. The Morgan fingerprint density at radius 2 is 2.04 bits per heavy atom. The summed E-state index contributed by atoms with van der Waals surface area (Å²) in [6, 6.07) is 4.44. The molecule has 130 valence electrons. The quantitative estimate of drug-likeness (QED) is 0.625.